The molecular formula is C13H21N3O2S. The Labute approximate surface area is 117 Å². The third-order valence-electron chi connectivity index (χ3n) is 3.17. The Kier molecular flexibility index (Phi) is 4.23. The predicted molar refractivity (Wildman–Crippen MR) is 76.4 cm³/mol. The Morgan fingerprint density at radius 2 is 2.32 bits per heavy atom. The number of thiazole rings is 1. The fraction of sp³-hybridized carbons (Fsp3) is 0.692. The lowest BCUT2D eigenvalue weighted by Gasteiger charge is -2.14. The second-order valence-electron chi connectivity index (χ2n) is 5.84. The maximum absolute atomic E-state index is 12.0. The van der Waals surface area contributed by atoms with E-state index >= 15 is 0 Å². The first-order chi connectivity index (χ1) is 8.90. The molecule has 0 aromatic carbocycles. The maximum Gasteiger partial charge on any atom is 0.255 e. The van der Waals surface area contributed by atoms with Crippen molar-refractivity contribution in [3.63, 3.8) is 0 Å². The SMILES string of the molecule is CC(C)(C)c1csc(NC(=O)C2CCC(CN)O2)n1. The molecule has 6 heteroatoms. The predicted octanol–water partition coefficient (Wildman–Crippen LogP) is 1.89. The van der Waals surface area contributed by atoms with Crippen LogP contribution < -0.4 is 11.1 Å². The Bertz CT molecular complexity index is 453. The largest absolute Gasteiger partial charge is 0.364 e. The van der Waals surface area contributed by atoms with Gasteiger partial charge in [0.2, 0.25) is 0 Å². The summed E-state index contributed by atoms with van der Waals surface area (Å²) in [6.45, 7) is 6.76. The van der Waals surface area contributed by atoms with E-state index in [1.807, 2.05) is 5.38 Å². The van der Waals surface area contributed by atoms with Gasteiger partial charge < -0.3 is 10.5 Å². The standard InChI is InChI=1S/C13H21N3O2S/c1-13(2,3)10-7-19-12(15-10)16-11(17)9-5-4-8(6-14)18-9/h7-9H,4-6,14H2,1-3H3,(H,15,16,17). The van der Waals surface area contributed by atoms with Crippen molar-refractivity contribution >= 4 is 22.4 Å². The summed E-state index contributed by atoms with van der Waals surface area (Å²) in [4.78, 5) is 16.5. The fourth-order valence-electron chi connectivity index (χ4n) is 1.93. The molecule has 2 atom stereocenters. The van der Waals surface area contributed by atoms with Crippen LogP contribution in [0.1, 0.15) is 39.3 Å². The summed E-state index contributed by atoms with van der Waals surface area (Å²) in [5.74, 6) is -0.120. The lowest BCUT2D eigenvalue weighted by Crippen LogP contribution is -2.29. The lowest BCUT2D eigenvalue weighted by molar-refractivity contribution is -0.126. The van der Waals surface area contributed by atoms with Gasteiger partial charge in [0.1, 0.15) is 6.10 Å². The van der Waals surface area contributed by atoms with E-state index in [1.165, 1.54) is 11.3 Å². The van der Waals surface area contributed by atoms with E-state index in [2.05, 4.69) is 31.1 Å². The number of aromatic nitrogens is 1. The molecule has 2 heterocycles. The molecular weight excluding hydrogens is 262 g/mol. The van der Waals surface area contributed by atoms with E-state index in [4.69, 9.17) is 10.5 Å². The van der Waals surface area contributed by atoms with Gasteiger partial charge in [0, 0.05) is 17.3 Å². The molecule has 0 spiro atoms. The highest BCUT2D eigenvalue weighted by atomic mass is 32.1. The monoisotopic (exact) mass is 283 g/mol. The van der Waals surface area contributed by atoms with Gasteiger partial charge in [-0.2, -0.15) is 0 Å². The highest BCUT2D eigenvalue weighted by molar-refractivity contribution is 7.13. The van der Waals surface area contributed by atoms with Gasteiger partial charge in [-0.1, -0.05) is 20.8 Å². The molecule has 0 saturated carbocycles. The van der Waals surface area contributed by atoms with Crippen molar-refractivity contribution in [1.29, 1.82) is 0 Å². The average Bonchev–Trinajstić information content (AvgIpc) is 2.95. The maximum atomic E-state index is 12.0. The van der Waals surface area contributed by atoms with E-state index in [9.17, 15) is 4.79 Å². The van der Waals surface area contributed by atoms with Crippen LogP contribution in [-0.2, 0) is 14.9 Å². The molecule has 3 N–H and O–H groups in total. The van der Waals surface area contributed by atoms with E-state index < -0.39 is 6.10 Å². The van der Waals surface area contributed by atoms with Crippen LogP contribution in [0.4, 0.5) is 5.13 Å². The first-order valence-electron chi connectivity index (χ1n) is 6.52. The lowest BCUT2D eigenvalue weighted by atomic mass is 9.93. The van der Waals surface area contributed by atoms with Crippen molar-refractivity contribution in [2.75, 3.05) is 11.9 Å². The van der Waals surface area contributed by atoms with Crippen molar-refractivity contribution in [2.24, 2.45) is 5.73 Å². The van der Waals surface area contributed by atoms with Crippen molar-refractivity contribution in [1.82, 2.24) is 4.98 Å². The average molecular weight is 283 g/mol. The molecule has 1 aliphatic rings. The number of amides is 1. The quantitative estimate of drug-likeness (QED) is 0.888. The summed E-state index contributed by atoms with van der Waals surface area (Å²) in [6.07, 6.45) is 1.19. The number of carbonyl (C=O) groups is 1. The van der Waals surface area contributed by atoms with Crippen LogP contribution in [0.3, 0.4) is 0 Å². The molecule has 1 aromatic rings. The van der Waals surface area contributed by atoms with E-state index in [1.54, 1.807) is 0 Å². The first kappa shape index (κ1) is 14.4. The number of nitrogens with zero attached hydrogens (tertiary/aromatic N) is 1. The van der Waals surface area contributed by atoms with Crippen molar-refractivity contribution in [2.45, 2.75) is 51.2 Å². The molecule has 2 unspecified atom stereocenters. The zero-order valence-corrected chi connectivity index (χ0v) is 12.4. The van der Waals surface area contributed by atoms with Gasteiger partial charge in [-0.15, -0.1) is 11.3 Å². The summed E-state index contributed by atoms with van der Waals surface area (Å²) < 4.78 is 5.56. The molecule has 0 aliphatic carbocycles. The molecule has 1 aromatic heterocycles. The smallest absolute Gasteiger partial charge is 0.255 e. The number of carbonyl (C=O) groups excluding carboxylic acids is 1. The van der Waals surface area contributed by atoms with Crippen LogP contribution in [0, 0.1) is 0 Å². The van der Waals surface area contributed by atoms with Gasteiger partial charge in [-0.3, -0.25) is 10.1 Å². The molecule has 106 valence electrons. The number of nitrogens with one attached hydrogen (secondary N) is 1. The summed E-state index contributed by atoms with van der Waals surface area (Å²) >= 11 is 1.45. The number of ether oxygens (including phenoxy) is 1. The van der Waals surface area contributed by atoms with Crippen LogP contribution in [0.25, 0.3) is 0 Å². The minimum absolute atomic E-state index is 0.00597. The molecule has 5 nitrogen and oxygen atoms in total. The van der Waals surface area contributed by atoms with Crippen LogP contribution >= 0.6 is 11.3 Å². The zero-order chi connectivity index (χ0) is 14.0. The number of anilines is 1. The zero-order valence-electron chi connectivity index (χ0n) is 11.6. The van der Waals surface area contributed by atoms with Crippen LogP contribution in [0.5, 0.6) is 0 Å². The van der Waals surface area contributed by atoms with E-state index in [0.717, 1.165) is 18.5 Å². The third-order valence-corrected chi connectivity index (χ3v) is 3.92. The molecule has 1 aliphatic heterocycles. The number of hydrogen-bond acceptors (Lipinski definition) is 5. The van der Waals surface area contributed by atoms with Crippen LogP contribution in [0.15, 0.2) is 5.38 Å². The summed E-state index contributed by atoms with van der Waals surface area (Å²) in [6, 6.07) is 0. The molecule has 0 bridgehead atoms. The van der Waals surface area contributed by atoms with Gasteiger partial charge >= 0.3 is 0 Å². The van der Waals surface area contributed by atoms with Gasteiger partial charge in [0.05, 0.1) is 11.8 Å². The highest BCUT2D eigenvalue weighted by Crippen LogP contribution is 2.27. The normalized spacial score (nSPS) is 23.6. The second kappa shape index (κ2) is 5.56. The van der Waals surface area contributed by atoms with Gasteiger partial charge in [0.25, 0.3) is 5.91 Å². The second-order valence-corrected chi connectivity index (χ2v) is 6.70. The van der Waals surface area contributed by atoms with Gasteiger partial charge in [-0.05, 0) is 12.8 Å². The Hall–Kier alpha value is -0.980. The molecule has 0 radical (unpaired) electrons. The highest BCUT2D eigenvalue weighted by Gasteiger charge is 2.30. The summed E-state index contributed by atoms with van der Waals surface area (Å²) in [7, 11) is 0. The molecule has 19 heavy (non-hydrogen) atoms. The molecule has 2 rings (SSSR count). The fourth-order valence-corrected chi connectivity index (χ4v) is 2.87. The number of nitrogens with two attached hydrogens (primary N) is 1. The minimum atomic E-state index is -0.393. The van der Waals surface area contributed by atoms with Gasteiger partial charge in [-0.25, -0.2) is 4.98 Å². The van der Waals surface area contributed by atoms with Gasteiger partial charge in [0.15, 0.2) is 5.13 Å². The number of hydrogen-bond donors (Lipinski definition) is 2. The number of rotatable bonds is 3. The van der Waals surface area contributed by atoms with Crippen molar-refractivity contribution in [3.8, 4) is 0 Å². The molecule has 1 fully saturated rings. The Morgan fingerprint density at radius 1 is 1.58 bits per heavy atom. The van der Waals surface area contributed by atoms with E-state index in [-0.39, 0.29) is 17.4 Å². The van der Waals surface area contributed by atoms with Crippen LogP contribution in [-0.4, -0.2) is 29.6 Å². The Balaban J connectivity index is 1.94. The summed E-state index contributed by atoms with van der Waals surface area (Å²) in [5, 5.41) is 5.44. The van der Waals surface area contributed by atoms with Crippen molar-refractivity contribution < 1.29 is 9.53 Å². The minimum Gasteiger partial charge on any atom is -0.364 e. The Morgan fingerprint density at radius 3 is 2.84 bits per heavy atom. The topological polar surface area (TPSA) is 77.2 Å². The summed E-state index contributed by atoms with van der Waals surface area (Å²) in [5.41, 5.74) is 6.51. The van der Waals surface area contributed by atoms with Crippen molar-refractivity contribution in [3.05, 3.63) is 11.1 Å². The first-order valence-corrected chi connectivity index (χ1v) is 7.40. The van der Waals surface area contributed by atoms with E-state index in [0.29, 0.717) is 11.7 Å². The third kappa shape index (κ3) is 3.52. The molecule has 1 amide bonds. The molecule has 1 saturated heterocycles. The van der Waals surface area contributed by atoms with Crippen LogP contribution in [0.2, 0.25) is 0 Å².